The Balaban J connectivity index is 1.71. The lowest BCUT2D eigenvalue weighted by Gasteiger charge is -2.18. The Labute approximate surface area is 179 Å². The highest BCUT2D eigenvalue weighted by Crippen LogP contribution is 2.21. The molecular weight excluding hydrogens is 402 g/mol. The zero-order chi connectivity index (χ0) is 21.3. The van der Waals surface area contributed by atoms with E-state index in [4.69, 9.17) is 5.73 Å². The molecule has 0 aliphatic heterocycles. The standard InChI is InChI=1S/C20H25N7O2S/c1-30-20-23-9-15(10-24-20)18-12-27(26-25-18)17(3-2-4-19(21)29)11-22-16-7-5-14(13-28)6-8-16/h5-10,12,17,22,28H,2-4,11,13H2,1H3,(H2,21,29). The minimum Gasteiger partial charge on any atom is -0.392 e. The number of primary amides is 1. The van der Waals surface area contributed by atoms with Gasteiger partial charge in [-0.05, 0) is 36.8 Å². The Morgan fingerprint density at radius 3 is 2.63 bits per heavy atom. The van der Waals surface area contributed by atoms with Crippen LogP contribution in [0, 0.1) is 0 Å². The van der Waals surface area contributed by atoms with Gasteiger partial charge in [0.15, 0.2) is 5.16 Å². The first kappa shape index (κ1) is 21.7. The van der Waals surface area contributed by atoms with Gasteiger partial charge in [0.1, 0.15) is 5.69 Å². The van der Waals surface area contributed by atoms with Crippen LogP contribution in [0.1, 0.15) is 30.9 Å². The molecule has 3 rings (SSSR count). The summed E-state index contributed by atoms with van der Waals surface area (Å²) in [6.07, 6.45) is 8.95. The summed E-state index contributed by atoms with van der Waals surface area (Å²) in [6, 6.07) is 7.56. The fourth-order valence-electron chi connectivity index (χ4n) is 2.94. The van der Waals surface area contributed by atoms with Gasteiger partial charge in [0.25, 0.3) is 0 Å². The molecule has 0 radical (unpaired) electrons. The number of thioether (sulfide) groups is 1. The van der Waals surface area contributed by atoms with E-state index < -0.39 is 0 Å². The summed E-state index contributed by atoms with van der Waals surface area (Å²) in [5.41, 5.74) is 8.57. The second-order valence-corrected chi connectivity index (χ2v) is 7.56. The molecule has 4 N–H and O–H groups in total. The van der Waals surface area contributed by atoms with Crippen LogP contribution in [0.2, 0.25) is 0 Å². The van der Waals surface area contributed by atoms with E-state index in [-0.39, 0.29) is 18.6 Å². The molecule has 0 saturated carbocycles. The number of anilines is 1. The summed E-state index contributed by atoms with van der Waals surface area (Å²) >= 11 is 1.48. The third-order valence-corrected chi connectivity index (χ3v) is 5.21. The molecule has 0 saturated heterocycles. The van der Waals surface area contributed by atoms with Gasteiger partial charge in [-0.2, -0.15) is 0 Å². The molecule has 0 aliphatic carbocycles. The predicted octanol–water partition coefficient (Wildman–Crippen LogP) is 2.26. The van der Waals surface area contributed by atoms with Crippen molar-refractivity contribution in [3.8, 4) is 11.3 Å². The lowest BCUT2D eigenvalue weighted by Crippen LogP contribution is -2.20. The van der Waals surface area contributed by atoms with Crippen molar-refractivity contribution in [2.24, 2.45) is 5.73 Å². The van der Waals surface area contributed by atoms with Crippen molar-refractivity contribution < 1.29 is 9.90 Å². The van der Waals surface area contributed by atoms with Gasteiger partial charge in [0.05, 0.1) is 18.8 Å². The lowest BCUT2D eigenvalue weighted by atomic mass is 10.1. The number of nitrogens with zero attached hydrogens (tertiary/aromatic N) is 5. The quantitative estimate of drug-likeness (QED) is 0.314. The third-order valence-electron chi connectivity index (χ3n) is 4.63. The first-order valence-corrected chi connectivity index (χ1v) is 10.8. The molecule has 0 spiro atoms. The van der Waals surface area contributed by atoms with Crippen LogP contribution in [0.5, 0.6) is 0 Å². The van der Waals surface area contributed by atoms with Gasteiger partial charge in [-0.15, -0.1) is 5.10 Å². The number of hydrogen-bond acceptors (Lipinski definition) is 8. The summed E-state index contributed by atoms with van der Waals surface area (Å²) in [4.78, 5) is 19.7. The molecule has 10 heteroatoms. The zero-order valence-corrected chi connectivity index (χ0v) is 17.5. The molecule has 2 heterocycles. The minimum absolute atomic E-state index is 0.0133. The highest BCUT2D eigenvalue weighted by molar-refractivity contribution is 7.98. The number of nitrogens with one attached hydrogen (secondary N) is 1. The molecular formula is C20H25N7O2S. The molecule has 3 aromatic rings. The summed E-state index contributed by atoms with van der Waals surface area (Å²) in [6.45, 7) is 0.612. The fraction of sp³-hybridized carbons (Fsp3) is 0.350. The lowest BCUT2D eigenvalue weighted by molar-refractivity contribution is -0.118. The van der Waals surface area contributed by atoms with E-state index in [1.807, 2.05) is 36.7 Å². The summed E-state index contributed by atoms with van der Waals surface area (Å²) in [5.74, 6) is -0.313. The zero-order valence-electron chi connectivity index (χ0n) is 16.7. The van der Waals surface area contributed by atoms with Crippen molar-refractivity contribution in [3.05, 3.63) is 48.4 Å². The summed E-state index contributed by atoms with van der Waals surface area (Å²) < 4.78 is 1.80. The van der Waals surface area contributed by atoms with Gasteiger partial charge >= 0.3 is 0 Å². The predicted molar refractivity (Wildman–Crippen MR) is 116 cm³/mol. The van der Waals surface area contributed by atoms with Gasteiger partial charge in [-0.25, -0.2) is 14.6 Å². The van der Waals surface area contributed by atoms with Crippen molar-refractivity contribution in [1.82, 2.24) is 25.0 Å². The van der Waals surface area contributed by atoms with E-state index in [1.54, 1.807) is 17.1 Å². The molecule has 2 aromatic heterocycles. The van der Waals surface area contributed by atoms with E-state index >= 15 is 0 Å². The number of aliphatic hydroxyl groups excluding tert-OH is 1. The maximum Gasteiger partial charge on any atom is 0.217 e. The van der Waals surface area contributed by atoms with Crippen molar-refractivity contribution in [3.63, 3.8) is 0 Å². The third kappa shape index (κ3) is 6.01. The monoisotopic (exact) mass is 427 g/mol. The van der Waals surface area contributed by atoms with Crippen LogP contribution in [-0.2, 0) is 11.4 Å². The Hall–Kier alpha value is -2.98. The van der Waals surface area contributed by atoms with E-state index in [9.17, 15) is 9.90 Å². The number of amides is 1. The van der Waals surface area contributed by atoms with Crippen LogP contribution in [0.15, 0.2) is 48.0 Å². The Bertz CT molecular complexity index is 945. The molecule has 1 unspecified atom stereocenters. The second-order valence-electron chi connectivity index (χ2n) is 6.79. The van der Waals surface area contributed by atoms with E-state index in [0.29, 0.717) is 30.2 Å². The van der Waals surface area contributed by atoms with Gasteiger partial charge < -0.3 is 16.2 Å². The minimum atomic E-state index is -0.313. The van der Waals surface area contributed by atoms with E-state index in [0.717, 1.165) is 23.2 Å². The number of carbonyl (C=O) groups excluding carboxylic acids is 1. The Morgan fingerprint density at radius 1 is 1.27 bits per heavy atom. The van der Waals surface area contributed by atoms with Gasteiger partial charge in [-0.1, -0.05) is 29.1 Å². The van der Waals surface area contributed by atoms with Crippen LogP contribution in [0.3, 0.4) is 0 Å². The molecule has 1 atom stereocenters. The average molecular weight is 428 g/mol. The molecule has 158 valence electrons. The highest BCUT2D eigenvalue weighted by Gasteiger charge is 2.15. The summed E-state index contributed by atoms with van der Waals surface area (Å²) in [7, 11) is 0. The van der Waals surface area contributed by atoms with Crippen LogP contribution in [-0.4, -0.2) is 48.8 Å². The number of carbonyl (C=O) groups is 1. The van der Waals surface area contributed by atoms with Crippen LogP contribution in [0.25, 0.3) is 11.3 Å². The molecule has 0 bridgehead atoms. The number of benzene rings is 1. The number of aromatic nitrogens is 5. The normalized spacial score (nSPS) is 11.9. The Kier molecular flexibility index (Phi) is 7.75. The van der Waals surface area contributed by atoms with Crippen molar-refractivity contribution in [2.75, 3.05) is 18.1 Å². The van der Waals surface area contributed by atoms with E-state index in [2.05, 4.69) is 25.6 Å². The first-order chi connectivity index (χ1) is 14.6. The first-order valence-electron chi connectivity index (χ1n) is 9.59. The number of nitrogens with two attached hydrogens (primary N) is 1. The largest absolute Gasteiger partial charge is 0.392 e. The van der Waals surface area contributed by atoms with Crippen molar-refractivity contribution in [2.45, 2.75) is 37.1 Å². The highest BCUT2D eigenvalue weighted by atomic mass is 32.2. The number of rotatable bonds is 11. The topological polar surface area (TPSA) is 132 Å². The maximum atomic E-state index is 11.1. The Morgan fingerprint density at radius 2 is 2.00 bits per heavy atom. The van der Waals surface area contributed by atoms with Crippen LogP contribution >= 0.6 is 11.8 Å². The molecule has 30 heavy (non-hydrogen) atoms. The van der Waals surface area contributed by atoms with Gasteiger partial charge in [-0.3, -0.25) is 4.79 Å². The summed E-state index contributed by atoms with van der Waals surface area (Å²) in [5, 5.41) is 21.8. The molecule has 9 nitrogen and oxygen atoms in total. The molecule has 1 amide bonds. The fourth-order valence-corrected chi connectivity index (χ4v) is 3.26. The van der Waals surface area contributed by atoms with Gasteiger partial charge in [0, 0.05) is 36.6 Å². The second kappa shape index (κ2) is 10.7. The van der Waals surface area contributed by atoms with Crippen molar-refractivity contribution in [1.29, 1.82) is 0 Å². The van der Waals surface area contributed by atoms with Crippen LogP contribution in [0.4, 0.5) is 5.69 Å². The van der Waals surface area contributed by atoms with E-state index in [1.165, 1.54) is 11.8 Å². The maximum absolute atomic E-state index is 11.1. The SMILES string of the molecule is CSc1ncc(-c2cn(C(CCCC(N)=O)CNc3ccc(CO)cc3)nn2)cn1. The van der Waals surface area contributed by atoms with Gasteiger partial charge in [0.2, 0.25) is 5.91 Å². The number of hydrogen-bond donors (Lipinski definition) is 3. The average Bonchev–Trinajstić information content (AvgIpc) is 3.26. The molecule has 0 aliphatic rings. The smallest absolute Gasteiger partial charge is 0.217 e. The molecule has 0 fully saturated rings. The van der Waals surface area contributed by atoms with Crippen molar-refractivity contribution >= 4 is 23.4 Å². The van der Waals surface area contributed by atoms with Crippen LogP contribution < -0.4 is 11.1 Å². The number of aliphatic hydroxyl groups is 1. The molecule has 1 aromatic carbocycles.